The fourth-order valence-electron chi connectivity index (χ4n) is 1.90. The predicted molar refractivity (Wildman–Crippen MR) is 66.4 cm³/mol. The fraction of sp³-hybridized carbons (Fsp3) is 0.538. The Labute approximate surface area is 101 Å². The molecule has 1 aromatic rings. The van der Waals surface area contributed by atoms with E-state index in [0.717, 1.165) is 5.69 Å². The van der Waals surface area contributed by atoms with Crippen molar-refractivity contribution in [2.75, 3.05) is 0 Å². The predicted octanol–water partition coefficient (Wildman–Crippen LogP) is 2.01. The summed E-state index contributed by atoms with van der Waals surface area (Å²) in [5, 5.41) is 8.63. The molecule has 1 aromatic heterocycles. The summed E-state index contributed by atoms with van der Waals surface area (Å²) < 4.78 is 1.72. The number of aromatic nitrogens is 1. The number of carboxylic acid groups (broad SMARTS) is 1. The van der Waals surface area contributed by atoms with Gasteiger partial charge in [0, 0.05) is 24.2 Å². The van der Waals surface area contributed by atoms with Gasteiger partial charge in [0.15, 0.2) is 0 Å². The van der Waals surface area contributed by atoms with Gasteiger partial charge in [0.25, 0.3) is 5.56 Å². The highest BCUT2D eigenvalue weighted by Crippen LogP contribution is 2.13. The molecule has 0 aromatic carbocycles. The Balaban J connectivity index is 3.11. The smallest absolute Gasteiger partial charge is 0.303 e. The minimum Gasteiger partial charge on any atom is -0.481 e. The molecule has 4 heteroatoms. The first-order valence-corrected chi connectivity index (χ1v) is 5.91. The van der Waals surface area contributed by atoms with Crippen LogP contribution in [0.2, 0.25) is 0 Å². The van der Waals surface area contributed by atoms with Crippen molar-refractivity contribution in [3.8, 4) is 0 Å². The van der Waals surface area contributed by atoms with Gasteiger partial charge in [-0.05, 0) is 25.3 Å². The van der Waals surface area contributed by atoms with Crippen LogP contribution in [0.5, 0.6) is 0 Å². The van der Waals surface area contributed by atoms with Crippen LogP contribution in [-0.2, 0) is 17.8 Å². The van der Waals surface area contributed by atoms with Crippen LogP contribution in [0.3, 0.4) is 0 Å². The maximum absolute atomic E-state index is 12.1. The normalized spacial score (nSPS) is 10.8. The maximum Gasteiger partial charge on any atom is 0.303 e. The van der Waals surface area contributed by atoms with Crippen LogP contribution in [0.25, 0.3) is 0 Å². The summed E-state index contributed by atoms with van der Waals surface area (Å²) in [5.41, 5.74) is 1.52. The molecule has 17 heavy (non-hydrogen) atoms. The van der Waals surface area contributed by atoms with E-state index >= 15 is 0 Å². The van der Waals surface area contributed by atoms with Gasteiger partial charge in [0.1, 0.15) is 0 Å². The Morgan fingerprint density at radius 2 is 2.06 bits per heavy atom. The molecule has 0 spiro atoms. The summed E-state index contributed by atoms with van der Waals surface area (Å²) in [5.74, 6) is -0.587. The second-order valence-electron chi connectivity index (χ2n) is 4.38. The van der Waals surface area contributed by atoms with Gasteiger partial charge < -0.3 is 9.67 Å². The Kier molecular flexibility index (Phi) is 4.49. The molecule has 0 bridgehead atoms. The Bertz CT molecular complexity index is 460. The molecule has 0 saturated heterocycles. The van der Waals surface area contributed by atoms with Gasteiger partial charge in [-0.3, -0.25) is 9.59 Å². The second-order valence-corrected chi connectivity index (χ2v) is 4.38. The molecule has 0 aliphatic rings. The zero-order valence-corrected chi connectivity index (χ0v) is 10.6. The summed E-state index contributed by atoms with van der Waals surface area (Å²) in [7, 11) is 0. The molecule has 1 heterocycles. The second kappa shape index (κ2) is 5.66. The van der Waals surface area contributed by atoms with E-state index in [1.165, 1.54) is 0 Å². The number of nitrogens with zero attached hydrogens (tertiary/aromatic N) is 1. The van der Waals surface area contributed by atoms with Crippen molar-refractivity contribution in [3.63, 3.8) is 0 Å². The number of aryl methyl sites for hydroxylation is 1. The SMILES string of the molecule is CCn1c(C(C)C)ccc(CCC(=O)O)c1=O. The monoisotopic (exact) mass is 237 g/mol. The summed E-state index contributed by atoms with van der Waals surface area (Å²) in [6, 6.07) is 3.68. The van der Waals surface area contributed by atoms with Gasteiger partial charge in [0.2, 0.25) is 0 Å². The first-order chi connectivity index (χ1) is 7.97. The van der Waals surface area contributed by atoms with Crippen molar-refractivity contribution in [3.05, 3.63) is 33.7 Å². The van der Waals surface area contributed by atoms with Crippen LogP contribution in [0, 0.1) is 0 Å². The van der Waals surface area contributed by atoms with E-state index in [1.807, 2.05) is 26.8 Å². The van der Waals surface area contributed by atoms with Gasteiger partial charge >= 0.3 is 5.97 Å². The van der Waals surface area contributed by atoms with E-state index in [4.69, 9.17) is 5.11 Å². The van der Waals surface area contributed by atoms with Crippen molar-refractivity contribution < 1.29 is 9.90 Å². The van der Waals surface area contributed by atoms with Crippen LogP contribution in [0.4, 0.5) is 0 Å². The third kappa shape index (κ3) is 3.19. The zero-order chi connectivity index (χ0) is 13.0. The lowest BCUT2D eigenvalue weighted by molar-refractivity contribution is -0.136. The molecule has 0 radical (unpaired) electrons. The topological polar surface area (TPSA) is 59.3 Å². The minimum absolute atomic E-state index is 0.0000203. The van der Waals surface area contributed by atoms with Crippen molar-refractivity contribution in [2.24, 2.45) is 0 Å². The van der Waals surface area contributed by atoms with Crippen molar-refractivity contribution in [1.29, 1.82) is 0 Å². The molecule has 0 aliphatic carbocycles. The lowest BCUT2D eigenvalue weighted by atomic mass is 10.1. The fourth-order valence-corrected chi connectivity index (χ4v) is 1.90. The first-order valence-electron chi connectivity index (χ1n) is 5.91. The Morgan fingerprint density at radius 3 is 2.53 bits per heavy atom. The van der Waals surface area contributed by atoms with Gasteiger partial charge in [-0.25, -0.2) is 0 Å². The van der Waals surface area contributed by atoms with Crippen LogP contribution in [0.1, 0.15) is 44.4 Å². The highest BCUT2D eigenvalue weighted by Gasteiger charge is 2.11. The number of aliphatic carboxylic acids is 1. The number of rotatable bonds is 5. The van der Waals surface area contributed by atoms with Crippen molar-refractivity contribution in [1.82, 2.24) is 4.57 Å². The molecular formula is C13H19NO3. The number of hydrogen-bond donors (Lipinski definition) is 1. The quantitative estimate of drug-likeness (QED) is 0.852. The summed E-state index contributed by atoms with van der Waals surface area (Å²) in [6.07, 6.45) is 0.298. The molecule has 0 unspecified atom stereocenters. The molecule has 94 valence electrons. The van der Waals surface area contributed by atoms with Gasteiger partial charge in [-0.1, -0.05) is 19.9 Å². The van der Waals surface area contributed by atoms with Crippen LogP contribution >= 0.6 is 0 Å². The Morgan fingerprint density at radius 1 is 1.41 bits per heavy atom. The van der Waals surface area contributed by atoms with Crippen molar-refractivity contribution >= 4 is 5.97 Å². The highest BCUT2D eigenvalue weighted by atomic mass is 16.4. The lowest BCUT2D eigenvalue weighted by Gasteiger charge is -2.15. The number of pyridine rings is 1. The zero-order valence-electron chi connectivity index (χ0n) is 10.6. The number of hydrogen-bond acceptors (Lipinski definition) is 2. The van der Waals surface area contributed by atoms with E-state index in [1.54, 1.807) is 10.6 Å². The maximum atomic E-state index is 12.1. The number of carboxylic acids is 1. The molecule has 1 rings (SSSR count). The van der Waals surface area contributed by atoms with Gasteiger partial charge in [-0.2, -0.15) is 0 Å². The van der Waals surface area contributed by atoms with E-state index in [-0.39, 0.29) is 17.9 Å². The van der Waals surface area contributed by atoms with E-state index < -0.39 is 5.97 Å². The number of carbonyl (C=O) groups is 1. The van der Waals surface area contributed by atoms with E-state index in [9.17, 15) is 9.59 Å². The molecule has 4 nitrogen and oxygen atoms in total. The van der Waals surface area contributed by atoms with Crippen molar-refractivity contribution in [2.45, 2.75) is 46.1 Å². The summed E-state index contributed by atoms with van der Waals surface area (Å²) in [4.78, 5) is 22.6. The molecule has 0 fully saturated rings. The van der Waals surface area contributed by atoms with Crippen LogP contribution in [0.15, 0.2) is 16.9 Å². The lowest BCUT2D eigenvalue weighted by Crippen LogP contribution is -2.26. The average Bonchev–Trinajstić information content (AvgIpc) is 2.26. The molecule has 0 saturated carbocycles. The first kappa shape index (κ1) is 13.5. The molecule has 0 atom stereocenters. The van der Waals surface area contributed by atoms with Crippen LogP contribution in [-0.4, -0.2) is 15.6 Å². The Hall–Kier alpha value is -1.58. The standard InChI is InChI=1S/C13H19NO3/c1-4-14-11(9(2)3)7-5-10(13(14)17)6-8-12(15)16/h5,7,9H,4,6,8H2,1-3H3,(H,15,16). The van der Waals surface area contributed by atoms with Gasteiger partial charge in [-0.15, -0.1) is 0 Å². The van der Waals surface area contributed by atoms with E-state index in [0.29, 0.717) is 18.5 Å². The average molecular weight is 237 g/mol. The van der Waals surface area contributed by atoms with Crippen LogP contribution < -0.4 is 5.56 Å². The summed E-state index contributed by atoms with van der Waals surface area (Å²) >= 11 is 0. The molecule has 0 amide bonds. The third-order valence-electron chi connectivity index (χ3n) is 2.80. The highest BCUT2D eigenvalue weighted by molar-refractivity contribution is 5.67. The molecule has 0 aliphatic heterocycles. The largest absolute Gasteiger partial charge is 0.481 e. The summed E-state index contributed by atoms with van der Waals surface area (Å²) in [6.45, 7) is 6.62. The van der Waals surface area contributed by atoms with E-state index in [2.05, 4.69) is 0 Å². The third-order valence-corrected chi connectivity index (χ3v) is 2.80. The molecular weight excluding hydrogens is 218 g/mol. The minimum atomic E-state index is -0.875. The molecule has 1 N–H and O–H groups in total. The van der Waals surface area contributed by atoms with Gasteiger partial charge in [0.05, 0.1) is 0 Å².